The van der Waals surface area contributed by atoms with Gasteiger partial charge in [-0.1, -0.05) is 254 Å². The summed E-state index contributed by atoms with van der Waals surface area (Å²) < 4.78 is 17.6. The first kappa shape index (κ1) is 70.1. The number of ether oxygens (including phenoxy) is 3. The van der Waals surface area contributed by atoms with E-state index in [1.807, 2.05) is 6.08 Å². The summed E-state index contributed by atoms with van der Waals surface area (Å²) in [5.74, 6) is -1.21. The maximum absolute atomic E-state index is 13.4. The van der Waals surface area contributed by atoms with Gasteiger partial charge in [-0.05, 0) is 70.6 Å². The Labute approximate surface area is 458 Å². The van der Waals surface area contributed by atoms with Gasteiger partial charge in [0, 0.05) is 6.42 Å². The maximum atomic E-state index is 13.4. The van der Waals surface area contributed by atoms with Gasteiger partial charge in [-0.25, -0.2) is 0 Å². The first-order chi connectivity index (χ1) is 36.7. The lowest BCUT2D eigenvalue weighted by Crippen LogP contribution is -2.61. The second-order valence-corrected chi connectivity index (χ2v) is 21.1. The fraction of sp³-hybridized carbons (Fsp3) is 0.781. The Kier molecular flexibility index (Phi) is 48.5. The van der Waals surface area contributed by atoms with E-state index in [1.54, 1.807) is 6.08 Å². The number of nitrogens with one attached hydrogen (secondary N) is 1. The molecule has 0 spiro atoms. The van der Waals surface area contributed by atoms with Crippen molar-refractivity contribution in [1.29, 1.82) is 0 Å². The number of amides is 1. The highest BCUT2D eigenvalue weighted by Crippen LogP contribution is 2.26. The molecule has 75 heavy (non-hydrogen) atoms. The summed E-state index contributed by atoms with van der Waals surface area (Å²) in [4.78, 5) is 26.5. The molecule has 8 atom stereocenters. The molecule has 11 heteroatoms. The molecule has 1 heterocycles. The molecule has 0 bridgehead atoms. The van der Waals surface area contributed by atoms with Crippen LogP contribution in [0.4, 0.5) is 0 Å². The summed E-state index contributed by atoms with van der Waals surface area (Å²) >= 11 is 0. The van der Waals surface area contributed by atoms with E-state index in [0.717, 1.165) is 103 Å². The van der Waals surface area contributed by atoms with Crippen LogP contribution in [0.25, 0.3) is 0 Å². The Bertz CT molecular complexity index is 1490. The summed E-state index contributed by atoms with van der Waals surface area (Å²) in [5, 5.41) is 56.9. The van der Waals surface area contributed by atoms with Crippen LogP contribution in [0, 0.1) is 0 Å². The van der Waals surface area contributed by atoms with Crippen LogP contribution in [-0.4, -0.2) is 99.6 Å². The van der Waals surface area contributed by atoms with Crippen molar-refractivity contribution in [3.8, 4) is 0 Å². The Morgan fingerprint density at radius 2 is 0.960 bits per heavy atom. The van der Waals surface area contributed by atoms with Gasteiger partial charge in [0.1, 0.15) is 24.4 Å². The fourth-order valence-electron chi connectivity index (χ4n) is 9.27. The standard InChI is InChI=1S/C64H113NO10/c1-4-7-10-13-16-19-22-24-26-27-28-29-30-31-32-34-37-40-43-46-49-52-59(69)75-62-61(71)60(70)58(53-66)74-64(62)73-54-55(56(67)50-47-44-41-38-35-21-18-15-12-9-6-3)65-63(72)57(68)51-48-45-42-39-36-33-25-23-20-17-14-11-8-5-2/h7,10,16,19,24,26,28-29,31-32,47,50,55-58,60-62,64,66-68,70-71H,4-6,8-9,11-15,17-18,20-23,25,27,30,33-46,48-49,51-54H2,1-3H3,(H,65,72)/b10-7-,19-16-,26-24-,29-28-,32-31-,50-47+. The number of hydrogen-bond donors (Lipinski definition) is 6. The van der Waals surface area contributed by atoms with Gasteiger partial charge in [0.15, 0.2) is 12.4 Å². The number of unbranched alkanes of at least 4 members (excludes halogenated alkanes) is 27. The highest BCUT2D eigenvalue weighted by molar-refractivity contribution is 5.80. The predicted octanol–water partition coefficient (Wildman–Crippen LogP) is 14.4. The van der Waals surface area contributed by atoms with Crippen LogP contribution in [0.1, 0.15) is 258 Å². The Balaban J connectivity index is 2.67. The second-order valence-electron chi connectivity index (χ2n) is 21.1. The topological polar surface area (TPSA) is 175 Å². The van der Waals surface area contributed by atoms with Gasteiger partial charge in [-0.3, -0.25) is 9.59 Å². The zero-order valence-electron chi connectivity index (χ0n) is 47.9. The third-order valence-corrected chi connectivity index (χ3v) is 14.1. The average molecular weight is 1060 g/mol. The molecule has 11 nitrogen and oxygen atoms in total. The second kappa shape index (κ2) is 51.8. The van der Waals surface area contributed by atoms with E-state index in [0.29, 0.717) is 19.3 Å². The molecule has 1 amide bonds. The number of rotatable bonds is 51. The van der Waals surface area contributed by atoms with Gasteiger partial charge in [0.2, 0.25) is 5.91 Å². The third kappa shape index (κ3) is 40.0. The number of aliphatic hydroxyl groups is 5. The van der Waals surface area contributed by atoms with Gasteiger partial charge in [0.25, 0.3) is 0 Å². The quantitative estimate of drug-likeness (QED) is 0.0195. The van der Waals surface area contributed by atoms with Crippen LogP contribution in [0.15, 0.2) is 72.9 Å². The van der Waals surface area contributed by atoms with Gasteiger partial charge in [-0.15, -0.1) is 0 Å². The zero-order valence-corrected chi connectivity index (χ0v) is 47.9. The lowest BCUT2D eigenvalue weighted by molar-refractivity contribution is -0.305. The summed E-state index contributed by atoms with van der Waals surface area (Å²) in [6.07, 6.45) is 55.1. The molecule has 1 saturated heterocycles. The molecule has 1 aliphatic heterocycles. The molecule has 0 aromatic heterocycles. The predicted molar refractivity (Wildman–Crippen MR) is 310 cm³/mol. The molecule has 0 aromatic carbocycles. The minimum atomic E-state index is -1.62. The van der Waals surface area contributed by atoms with E-state index in [9.17, 15) is 35.1 Å². The van der Waals surface area contributed by atoms with E-state index in [4.69, 9.17) is 14.2 Å². The van der Waals surface area contributed by atoms with Crippen LogP contribution < -0.4 is 5.32 Å². The molecule has 434 valence electrons. The average Bonchev–Trinajstić information content (AvgIpc) is 3.41. The Morgan fingerprint density at radius 3 is 1.44 bits per heavy atom. The lowest BCUT2D eigenvalue weighted by atomic mass is 9.99. The highest BCUT2D eigenvalue weighted by Gasteiger charge is 2.47. The van der Waals surface area contributed by atoms with E-state index in [-0.39, 0.29) is 13.0 Å². The van der Waals surface area contributed by atoms with Gasteiger partial charge >= 0.3 is 5.97 Å². The number of carbonyl (C=O) groups is 2. The molecule has 1 aliphatic rings. The lowest BCUT2D eigenvalue weighted by Gasteiger charge is -2.41. The van der Waals surface area contributed by atoms with Crippen molar-refractivity contribution in [2.75, 3.05) is 13.2 Å². The van der Waals surface area contributed by atoms with E-state index in [1.165, 1.54) is 109 Å². The largest absolute Gasteiger partial charge is 0.454 e. The number of esters is 1. The highest BCUT2D eigenvalue weighted by atomic mass is 16.7. The fourth-order valence-corrected chi connectivity index (χ4v) is 9.27. The van der Waals surface area contributed by atoms with E-state index < -0.39 is 67.4 Å². The van der Waals surface area contributed by atoms with E-state index >= 15 is 0 Å². The van der Waals surface area contributed by atoms with Crippen molar-refractivity contribution in [2.24, 2.45) is 0 Å². The zero-order chi connectivity index (χ0) is 54.7. The molecule has 6 N–H and O–H groups in total. The SMILES string of the molecule is CC/C=C\C/C=C\C/C=C\C/C=C\C/C=C\CCCCCCCC(=O)OC1C(OCC(NC(=O)C(O)CCCCCCCCCCCCCCCC)C(O)/C=C/CCCCCCCCCCC)OC(CO)C(O)C1O. The van der Waals surface area contributed by atoms with Gasteiger partial charge in [-0.2, -0.15) is 0 Å². The van der Waals surface area contributed by atoms with Crippen molar-refractivity contribution in [3.63, 3.8) is 0 Å². The maximum Gasteiger partial charge on any atom is 0.306 e. The first-order valence-electron chi connectivity index (χ1n) is 30.7. The van der Waals surface area contributed by atoms with Gasteiger partial charge < -0.3 is 45.1 Å². The number of carbonyl (C=O) groups excluding carboxylic acids is 2. The van der Waals surface area contributed by atoms with Crippen LogP contribution >= 0.6 is 0 Å². The van der Waals surface area contributed by atoms with Crippen molar-refractivity contribution < 1.29 is 49.3 Å². The minimum Gasteiger partial charge on any atom is -0.454 e. The number of allylic oxidation sites excluding steroid dienone is 11. The molecular weight excluding hydrogens is 943 g/mol. The van der Waals surface area contributed by atoms with Crippen LogP contribution in [0.3, 0.4) is 0 Å². The molecule has 0 radical (unpaired) electrons. The molecule has 1 rings (SSSR count). The van der Waals surface area contributed by atoms with Crippen molar-refractivity contribution in [1.82, 2.24) is 5.32 Å². The van der Waals surface area contributed by atoms with Crippen LogP contribution in [0.2, 0.25) is 0 Å². The summed E-state index contributed by atoms with van der Waals surface area (Å²) in [7, 11) is 0. The minimum absolute atomic E-state index is 0.0998. The monoisotopic (exact) mass is 1060 g/mol. The number of hydrogen-bond acceptors (Lipinski definition) is 10. The van der Waals surface area contributed by atoms with Crippen molar-refractivity contribution in [3.05, 3.63) is 72.9 Å². The molecule has 0 aromatic rings. The summed E-state index contributed by atoms with van der Waals surface area (Å²) in [5.41, 5.74) is 0. The molecule has 1 fully saturated rings. The molecular formula is C64H113NO10. The normalized spacial score (nSPS) is 19.7. The smallest absolute Gasteiger partial charge is 0.306 e. The van der Waals surface area contributed by atoms with Crippen LogP contribution in [0.5, 0.6) is 0 Å². The summed E-state index contributed by atoms with van der Waals surface area (Å²) in [6.45, 7) is 5.66. The molecule has 8 unspecified atom stereocenters. The van der Waals surface area contributed by atoms with Gasteiger partial charge in [0.05, 0.1) is 25.4 Å². The molecule has 0 aliphatic carbocycles. The number of aliphatic hydroxyl groups excluding tert-OH is 5. The third-order valence-electron chi connectivity index (χ3n) is 14.1. The van der Waals surface area contributed by atoms with E-state index in [2.05, 4.69) is 86.8 Å². The first-order valence-corrected chi connectivity index (χ1v) is 30.7. The molecule has 0 saturated carbocycles. The summed E-state index contributed by atoms with van der Waals surface area (Å²) in [6, 6.07) is -1.03. The Morgan fingerprint density at radius 1 is 0.533 bits per heavy atom. The van der Waals surface area contributed by atoms with Crippen LogP contribution in [-0.2, 0) is 23.8 Å². The van der Waals surface area contributed by atoms with Crippen molar-refractivity contribution in [2.45, 2.75) is 307 Å². The Hall–Kier alpha value is -2.90. The van der Waals surface area contributed by atoms with Crippen molar-refractivity contribution >= 4 is 11.9 Å².